The molecule has 0 aliphatic rings. The van der Waals surface area contributed by atoms with Gasteiger partial charge >= 0.3 is 5.97 Å². The Morgan fingerprint density at radius 2 is 1.93 bits per heavy atom. The van der Waals surface area contributed by atoms with Crippen molar-refractivity contribution in [2.24, 2.45) is 5.92 Å². The molecule has 1 aromatic carbocycles. The number of amides is 1. The summed E-state index contributed by atoms with van der Waals surface area (Å²) in [4.78, 5) is 23.7. The summed E-state index contributed by atoms with van der Waals surface area (Å²) in [6.45, 7) is -0.166. The van der Waals surface area contributed by atoms with E-state index in [9.17, 15) is 23.1 Å². The van der Waals surface area contributed by atoms with Gasteiger partial charge in [-0.05, 0) is 37.2 Å². The van der Waals surface area contributed by atoms with Crippen LogP contribution < -0.4 is 14.8 Å². The predicted molar refractivity (Wildman–Crippen MR) is 95.1 cm³/mol. The number of carboxylic acid groups (broad SMARTS) is 1. The predicted octanol–water partition coefficient (Wildman–Crippen LogP) is 0.870. The maximum absolute atomic E-state index is 12.1. The van der Waals surface area contributed by atoms with Gasteiger partial charge in [-0.1, -0.05) is 18.2 Å². The largest absolute Gasteiger partial charge is 0.496 e. The summed E-state index contributed by atoms with van der Waals surface area (Å²) in [6.07, 6.45) is 0.150. The fraction of sp³-hybridized carbons (Fsp3) is 0.294. The SMILES string of the molecule is CNS(=O)(=O)c1ccc(C(=O)NCC(Cc2ccccc2OC)C(=O)O)o1. The van der Waals surface area contributed by atoms with Crippen molar-refractivity contribution in [3.63, 3.8) is 0 Å². The van der Waals surface area contributed by atoms with Crippen LogP contribution in [0.4, 0.5) is 0 Å². The van der Waals surface area contributed by atoms with Gasteiger partial charge in [-0.25, -0.2) is 13.1 Å². The maximum Gasteiger partial charge on any atom is 0.308 e. The Hall–Kier alpha value is -2.85. The Morgan fingerprint density at radius 1 is 1.22 bits per heavy atom. The summed E-state index contributed by atoms with van der Waals surface area (Å²) in [5, 5.41) is 11.5. The van der Waals surface area contributed by atoms with Gasteiger partial charge in [0.05, 0.1) is 13.0 Å². The molecule has 3 N–H and O–H groups in total. The molecule has 1 heterocycles. The van der Waals surface area contributed by atoms with Crippen LogP contribution in [0.15, 0.2) is 45.9 Å². The van der Waals surface area contributed by atoms with E-state index in [4.69, 9.17) is 9.15 Å². The van der Waals surface area contributed by atoms with Crippen molar-refractivity contribution < 1.29 is 32.3 Å². The Balaban J connectivity index is 2.06. The zero-order chi connectivity index (χ0) is 20.0. The molecule has 0 radical (unpaired) electrons. The fourth-order valence-electron chi connectivity index (χ4n) is 2.37. The van der Waals surface area contributed by atoms with Crippen molar-refractivity contribution in [2.45, 2.75) is 11.5 Å². The molecule has 27 heavy (non-hydrogen) atoms. The van der Waals surface area contributed by atoms with E-state index in [2.05, 4.69) is 10.0 Å². The smallest absolute Gasteiger partial charge is 0.308 e. The van der Waals surface area contributed by atoms with Gasteiger partial charge in [0.15, 0.2) is 5.76 Å². The van der Waals surface area contributed by atoms with Gasteiger partial charge in [0.25, 0.3) is 15.9 Å². The van der Waals surface area contributed by atoms with E-state index in [-0.39, 0.29) is 18.7 Å². The average molecular weight is 396 g/mol. The number of furan rings is 1. The molecule has 1 atom stereocenters. The molecule has 9 nitrogen and oxygen atoms in total. The summed E-state index contributed by atoms with van der Waals surface area (Å²) in [7, 11) is -1.10. The number of benzene rings is 1. The van der Waals surface area contributed by atoms with E-state index in [0.29, 0.717) is 11.3 Å². The monoisotopic (exact) mass is 396 g/mol. The van der Waals surface area contributed by atoms with Crippen LogP contribution in [0.2, 0.25) is 0 Å². The van der Waals surface area contributed by atoms with Crippen LogP contribution in [-0.4, -0.2) is 46.1 Å². The van der Waals surface area contributed by atoms with E-state index in [1.807, 2.05) is 0 Å². The van der Waals surface area contributed by atoms with Gasteiger partial charge in [-0.3, -0.25) is 9.59 Å². The van der Waals surface area contributed by atoms with E-state index in [1.54, 1.807) is 24.3 Å². The third-order valence-electron chi connectivity index (χ3n) is 3.86. The standard InChI is InChI=1S/C17H20N2O7S/c1-18-27(23,24)15-8-7-14(26-15)16(20)19-10-12(17(21)22)9-11-5-3-4-6-13(11)25-2/h3-8,12,18H,9-10H2,1-2H3,(H,19,20)(H,21,22). The second kappa shape index (κ2) is 8.69. The minimum atomic E-state index is -3.81. The van der Waals surface area contributed by atoms with Crippen LogP contribution >= 0.6 is 0 Å². The zero-order valence-electron chi connectivity index (χ0n) is 14.8. The summed E-state index contributed by atoms with van der Waals surface area (Å²) in [5.74, 6) is -2.37. The molecule has 0 spiro atoms. The molecule has 10 heteroatoms. The van der Waals surface area contributed by atoms with Crippen LogP contribution in [0, 0.1) is 5.92 Å². The number of hydrogen-bond acceptors (Lipinski definition) is 6. The summed E-state index contributed by atoms with van der Waals surface area (Å²) < 4.78 is 35.6. The quantitative estimate of drug-likeness (QED) is 0.572. The molecular weight excluding hydrogens is 376 g/mol. The summed E-state index contributed by atoms with van der Waals surface area (Å²) in [6, 6.07) is 9.35. The molecule has 0 fully saturated rings. The number of rotatable bonds is 9. The van der Waals surface area contributed by atoms with Crippen molar-refractivity contribution in [1.82, 2.24) is 10.0 Å². The third kappa shape index (κ3) is 5.08. The first-order valence-corrected chi connectivity index (χ1v) is 9.43. The molecule has 0 bridgehead atoms. The van der Waals surface area contributed by atoms with Crippen molar-refractivity contribution in [3.05, 3.63) is 47.7 Å². The van der Waals surface area contributed by atoms with Crippen molar-refractivity contribution in [1.29, 1.82) is 0 Å². The van der Waals surface area contributed by atoms with Crippen LogP contribution in [0.5, 0.6) is 5.75 Å². The Kier molecular flexibility index (Phi) is 6.59. The number of aliphatic carboxylic acids is 1. The van der Waals surface area contributed by atoms with Gasteiger partial charge in [-0.2, -0.15) is 0 Å². The highest BCUT2D eigenvalue weighted by molar-refractivity contribution is 7.89. The van der Waals surface area contributed by atoms with Crippen molar-refractivity contribution in [3.8, 4) is 5.75 Å². The van der Waals surface area contributed by atoms with Crippen molar-refractivity contribution >= 4 is 21.9 Å². The third-order valence-corrected chi connectivity index (χ3v) is 5.14. The van der Waals surface area contributed by atoms with E-state index >= 15 is 0 Å². The molecule has 0 aliphatic heterocycles. The second-order valence-corrected chi connectivity index (χ2v) is 7.40. The lowest BCUT2D eigenvalue weighted by Crippen LogP contribution is -2.34. The molecule has 1 unspecified atom stereocenters. The number of carboxylic acids is 1. The van der Waals surface area contributed by atoms with Gasteiger partial charge in [0, 0.05) is 6.54 Å². The lowest BCUT2D eigenvalue weighted by Gasteiger charge is -2.15. The topological polar surface area (TPSA) is 135 Å². The van der Waals surface area contributed by atoms with Gasteiger partial charge in [0.1, 0.15) is 5.75 Å². The Labute approximate surface area is 156 Å². The van der Waals surface area contributed by atoms with Crippen molar-refractivity contribution in [2.75, 3.05) is 20.7 Å². The number of carbonyl (C=O) groups is 2. The van der Waals surface area contributed by atoms with Crippen LogP contribution in [0.25, 0.3) is 0 Å². The van der Waals surface area contributed by atoms with Crippen LogP contribution in [0.1, 0.15) is 16.1 Å². The lowest BCUT2D eigenvalue weighted by molar-refractivity contribution is -0.141. The molecule has 2 aromatic rings. The normalized spacial score (nSPS) is 12.4. The Morgan fingerprint density at radius 3 is 2.56 bits per heavy atom. The minimum Gasteiger partial charge on any atom is -0.496 e. The number of carbonyl (C=O) groups excluding carboxylic acids is 1. The summed E-state index contributed by atoms with van der Waals surface area (Å²) in [5.41, 5.74) is 0.696. The number of hydrogen-bond donors (Lipinski definition) is 3. The molecule has 0 saturated heterocycles. The molecule has 0 saturated carbocycles. The molecular formula is C17H20N2O7S. The van der Waals surface area contributed by atoms with E-state index < -0.39 is 32.9 Å². The first-order chi connectivity index (χ1) is 12.8. The number of para-hydroxylation sites is 1. The van der Waals surface area contributed by atoms with Crippen LogP contribution in [-0.2, 0) is 21.2 Å². The fourth-order valence-corrected chi connectivity index (χ4v) is 3.02. The van der Waals surface area contributed by atoms with Gasteiger partial charge < -0.3 is 19.6 Å². The first-order valence-electron chi connectivity index (χ1n) is 7.94. The van der Waals surface area contributed by atoms with Crippen LogP contribution in [0.3, 0.4) is 0 Å². The number of methoxy groups -OCH3 is 1. The first kappa shape index (κ1) is 20.5. The van der Waals surface area contributed by atoms with Gasteiger partial charge in [-0.15, -0.1) is 0 Å². The molecule has 0 aliphatic carbocycles. The highest BCUT2D eigenvalue weighted by Gasteiger charge is 2.23. The van der Waals surface area contributed by atoms with Gasteiger partial charge in [0.2, 0.25) is 5.09 Å². The van der Waals surface area contributed by atoms with E-state index in [1.165, 1.54) is 20.2 Å². The summed E-state index contributed by atoms with van der Waals surface area (Å²) >= 11 is 0. The number of ether oxygens (including phenoxy) is 1. The molecule has 1 aromatic heterocycles. The number of sulfonamides is 1. The maximum atomic E-state index is 12.1. The van der Waals surface area contributed by atoms with E-state index in [0.717, 1.165) is 6.07 Å². The second-order valence-electron chi connectivity index (χ2n) is 5.59. The highest BCUT2D eigenvalue weighted by Crippen LogP contribution is 2.21. The molecule has 146 valence electrons. The molecule has 2 rings (SSSR count). The molecule has 1 amide bonds. The zero-order valence-corrected chi connectivity index (χ0v) is 15.6. The average Bonchev–Trinajstić information content (AvgIpc) is 3.16. The Bertz CT molecular complexity index is 921. The number of nitrogens with one attached hydrogen (secondary N) is 2. The highest BCUT2D eigenvalue weighted by atomic mass is 32.2. The minimum absolute atomic E-state index is 0.150. The lowest BCUT2D eigenvalue weighted by atomic mass is 9.98.